The van der Waals surface area contributed by atoms with Crippen LogP contribution in [0.15, 0.2) is 24.3 Å². The molecule has 0 aliphatic heterocycles. The molecule has 2 atom stereocenters. The van der Waals surface area contributed by atoms with Crippen LogP contribution in [0.5, 0.6) is 0 Å². The number of fused-ring (bicyclic) bond motifs is 1. The maximum atomic E-state index is 12.0. The van der Waals surface area contributed by atoms with Gasteiger partial charge in [0.2, 0.25) is 0 Å². The van der Waals surface area contributed by atoms with E-state index >= 15 is 0 Å². The molecule has 132 valence electrons. The average molecular weight is 339 g/mol. The summed E-state index contributed by atoms with van der Waals surface area (Å²) >= 11 is 0. The largest absolute Gasteiger partial charge is 0.364 e. The summed E-state index contributed by atoms with van der Waals surface area (Å²) in [6, 6.07) is 7.36. The molecule has 0 spiro atoms. The van der Waals surface area contributed by atoms with Gasteiger partial charge in [-0.2, -0.15) is 0 Å². The Kier molecular flexibility index (Phi) is 5.41. The molecule has 0 radical (unpaired) electrons. The van der Waals surface area contributed by atoms with Crippen molar-refractivity contribution in [2.75, 3.05) is 0 Å². The van der Waals surface area contributed by atoms with Crippen LogP contribution >= 0.6 is 0 Å². The molecule has 2 N–H and O–H groups in total. The first-order chi connectivity index (χ1) is 12.2. The highest BCUT2D eigenvalue weighted by atomic mass is 16.1. The van der Waals surface area contributed by atoms with Crippen molar-refractivity contribution in [3.63, 3.8) is 0 Å². The van der Waals surface area contributed by atoms with Crippen LogP contribution in [0.25, 0.3) is 11.0 Å². The summed E-state index contributed by atoms with van der Waals surface area (Å²) in [7, 11) is 0. The molecule has 2 unspecified atom stereocenters. The smallest absolute Gasteiger partial charge is 0.269 e. The predicted octanol–water partition coefficient (Wildman–Crippen LogP) is 3.62. The van der Waals surface area contributed by atoms with E-state index in [1.165, 1.54) is 19.3 Å². The number of nitrogens with two attached hydrogens (primary N) is 1. The number of benzene rings is 1. The minimum atomic E-state index is -0.626. The second kappa shape index (κ2) is 7.72. The Bertz CT molecular complexity index is 769. The van der Waals surface area contributed by atoms with E-state index in [0.29, 0.717) is 22.6 Å². The Morgan fingerprint density at radius 3 is 2.40 bits per heavy atom. The van der Waals surface area contributed by atoms with Gasteiger partial charge in [-0.1, -0.05) is 57.6 Å². The quantitative estimate of drug-likeness (QED) is 0.814. The molecular formula is C20H25N3O2. The second-order valence-corrected chi connectivity index (χ2v) is 6.94. The number of rotatable bonds is 6. The molecule has 1 aromatic heterocycles. The van der Waals surface area contributed by atoms with Gasteiger partial charge in [-0.05, 0) is 24.0 Å². The standard InChI is InChI=1S/C20H25N3O2/c1-2-14(13-8-4-3-5-9-13)15(12-24)18-19(20(21)25)23-17-11-7-6-10-16(17)22-18/h6-7,10-15H,2-5,8-9H2,1H3,(H2,21,25). The first-order valence-electron chi connectivity index (χ1n) is 9.17. The minimum absolute atomic E-state index is 0.130. The molecular weight excluding hydrogens is 314 g/mol. The number of amides is 1. The molecule has 1 saturated carbocycles. The lowest BCUT2D eigenvalue weighted by atomic mass is 9.72. The van der Waals surface area contributed by atoms with Crippen molar-refractivity contribution in [1.82, 2.24) is 9.97 Å². The van der Waals surface area contributed by atoms with Gasteiger partial charge in [0.25, 0.3) is 5.91 Å². The molecule has 1 aliphatic carbocycles. The predicted molar refractivity (Wildman–Crippen MR) is 97.2 cm³/mol. The van der Waals surface area contributed by atoms with Crippen molar-refractivity contribution in [1.29, 1.82) is 0 Å². The molecule has 3 rings (SSSR count). The van der Waals surface area contributed by atoms with Gasteiger partial charge in [0, 0.05) is 0 Å². The number of aldehydes is 1. The first kappa shape index (κ1) is 17.5. The van der Waals surface area contributed by atoms with Gasteiger partial charge < -0.3 is 10.5 Å². The van der Waals surface area contributed by atoms with Crippen LogP contribution in [0.2, 0.25) is 0 Å². The van der Waals surface area contributed by atoms with E-state index < -0.39 is 11.8 Å². The highest BCUT2D eigenvalue weighted by Gasteiger charge is 2.33. The van der Waals surface area contributed by atoms with E-state index in [1.54, 1.807) is 6.07 Å². The van der Waals surface area contributed by atoms with E-state index in [9.17, 15) is 9.59 Å². The molecule has 25 heavy (non-hydrogen) atoms. The van der Waals surface area contributed by atoms with E-state index in [1.807, 2.05) is 18.2 Å². The van der Waals surface area contributed by atoms with E-state index in [0.717, 1.165) is 25.5 Å². The van der Waals surface area contributed by atoms with Gasteiger partial charge in [-0.3, -0.25) is 4.79 Å². The highest BCUT2D eigenvalue weighted by molar-refractivity contribution is 5.95. The zero-order valence-electron chi connectivity index (χ0n) is 14.6. The first-order valence-corrected chi connectivity index (χ1v) is 9.17. The van der Waals surface area contributed by atoms with Crippen molar-refractivity contribution in [3.05, 3.63) is 35.7 Å². The fourth-order valence-electron chi connectivity index (χ4n) is 4.24. The second-order valence-electron chi connectivity index (χ2n) is 6.94. The molecule has 5 nitrogen and oxygen atoms in total. The Morgan fingerprint density at radius 1 is 1.20 bits per heavy atom. The topological polar surface area (TPSA) is 85.9 Å². The zero-order chi connectivity index (χ0) is 17.8. The molecule has 5 heteroatoms. The van der Waals surface area contributed by atoms with Crippen LogP contribution in [-0.4, -0.2) is 22.2 Å². The number of hydrogen-bond donors (Lipinski definition) is 1. The number of nitrogens with zero attached hydrogens (tertiary/aromatic N) is 2. The Morgan fingerprint density at radius 2 is 1.84 bits per heavy atom. The third-order valence-corrected chi connectivity index (χ3v) is 5.48. The number of primary amides is 1. The number of hydrogen-bond acceptors (Lipinski definition) is 4. The monoisotopic (exact) mass is 339 g/mol. The Balaban J connectivity index is 2.07. The normalized spacial score (nSPS) is 18.0. The summed E-state index contributed by atoms with van der Waals surface area (Å²) in [5, 5.41) is 0. The lowest BCUT2D eigenvalue weighted by Gasteiger charge is -2.33. The molecule has 1 aromatic carbocycles. The molecule has 0 saturated heterocycles. The maximum absolute atomic E-state index is 12.0. The summed E-state index contributed by atoms with van der Waals surface area (Å²) in [6.45, 7) is 2.11. The van der Waals surface area contributed by atoms with Crippen LogP contribution in [0.3, 0.4) is 0 Å². The van der Waals surface area contributed by atoms with Gasteiger partial charge in [0.05, 0.1) is 22.6 Å². The lowest BCUT2D eigenvalue weighted by Crippen LogP contribution is -2.28. The zero-order valence-corrected chi connectivity index (χ0v) is 14.6. The van der Waals surface area contributed by atoms with E-state index in [-0.39, 0.29) is 11.6 Å². The van der Waals surface area contributed by atoms with Crippen LogP contribution in [0.1, 0.15) is 67.5 Å². The molecule has 1 aliphatic rings. The number of para-hydroxylation sites is 2. The van der Waals surface area contributed by atoms with Crippen molar-refractivity contribution in [2.45, 2.75) is 51.4 Å². The fourth-order valence-corrected chi connectivity index (χ4v) is 4.24. The highest BCUT2D eigenvalue weighted by Crippen LogP contribution is 2.39. The van der Waals surface area contributed by atoms with Crippen molar-refractivity contribution in [3.8, 4) is 0 Å². The third-order valence-electron chi connectivity index (χ3n) is 5.48. The summed E-state index contributed by atoms with van der Waals surface area (Å²) < 4.78 is 0. The van der Waals surface area contributed by atoms with E-state index in [4.69, 9.17) is 5.73 Å². The number of carbonyl (C=O) groups is 2. The van der Waals surface area contributed by atoms with Crippen LogP contribution < -0.4 is 5.73 Å². The van der Waals surface area contributed by atoms with Gasteiger partial charge in [0.1, 0.15) is 6.29 Å². The summed E-state index contributed by atoms with van der Waals surface area (Å²) in [5.74, 6) is -0.402. The molecule has 1 heterocycles. The molecule has 1 fully saturated rings. The van der Waals surface area contributed by atoms with Crippen molar-refractivity contribution < 1.29 is 9.59 Å². The summed E-state index contributed by atoms with van der Waals surface area (Å²) in [4.78, 5) is 33.1. The lowest BCUT2D eigenvalue weighted by molar-refractivity contribution is -0.110. The third kappa shape index (κ3) is 3.55. The van der Waals surface area contributed by atoms with Crippen LogP contribution in [0.4, 0.5) is 0 Å². The van der Waals surface area contributed by atoms with Gasteiger partial charge >= 0.3 is 0 Å². The number of aromatic nitrogens is 2. The minimum Gasteiger partial charge on any atom is -0.364 e. The summed E-state index contributed by atoms with van der Waals surface area (Å²) in [6.07, 6.45) is 7.76. The summed E-state index contributed by atoms with van der Waals surface area (Å²) in [5.41, 5.74) is 7.44. The SMILES string of the molecule is CCC(C1CCCCC1)C(C=O)c1nc2ccccc2nc1C(N)=O. The number of carbonyl (C=O) groups excluding carboxylic acids is 2. The van der Waals surface area contributed by atoms with Crippen molar-refractivity contribution in [2.24, 2.45) is 17.6 Å². The van der Waals surface area contributed by atoms with Gasteiger partial charge in [0.15, 0.2) is 5.69 Å². The molecule has 1 amide bonds. The molecule has 0 bridgehead atoms. The molecule has 2 aromatic rings. The van der Waals surface area contributed by atoms with E-state index in [2.05, 4.69) is 16.9 Å². The average Bonchev–Trinajstić information content (AvgIpc) is 2.65. The Labute approximate surface area is 148 Å². The van der Waals surface area contributed by atoms with Gasteiger partial charge in [-0.25, -0.2) is 9.97 Å². The Hall–Kier alpha value is -2.30. The van der Waals surface area contributed by atoms with Crippen LogP contribution in [-0.2, 0) is 4.79 Å². The van der Waals surface area contributed by atoms with Crippen molar-refractivity contribution >= 4 is 23.2 Å². The fraction of sp³-hybridized carbons (Fsp3) is 0.500. The van der Waals surface area contributed by atoms with Crippen LogP contribution in [0, 0.1) is 11.8 Å². The van der Waals surface area contributed by atoms with Gasteiger partial charge in [-0.15, -0.1) is 0 Å². The maximum Gasteiger partial charge on any atom is 0.269 e.